The topological polar surface area (TPSA) is 81.7 Å². The molecule has 254 valence electrons. The van der Waals surface area contributed by atoms with Crippen LogP contribution in [0.1, 0.15) is 45.5 Å². The van der Waals surface area contributed by atoms with Crippen LogP contribution < -0.4 is 28.4 Å². The Hall–Kier alpha value is -4.44. The Bertz CT molecular complexity index is 1750. The summed E-state index contributed by atoms with van der Waals surface area (Å²) in [6, 6.07) is 22.2. The second-order valence-corrected chi connectivity index (χ2v) is 12.9. The molecule has 4 aromatic carbocycles. The van der Waals surface area contributed by atoms with Crippen molar-refractivity contribution in [3.05, 3.63) is 105 Å². The third-order valence-electron chi connectivity index (χ3n) is 10.00. The summed E-state index contributed by atoms with van der Waals surface area (Å²) in [7, 11) is 12.2. The molecule has 3 atom stereocenters. The van der Waals surface area contributed by atoms with E-state index in [1.54, 1.807) is 42.6 Å². The number of ether oxygens (including phenoxy) is 6. The molecular formula is C39H46N2O7. The van der Waals surface area contributed by atoms with E-state index in [2.05, 4.69) is 36.2 Å². The maximum Gasteiger partial charge on any atom is 0.169 e. The summed E-state index contributed by atoms with van der Waals surface area (Å²) >= 11 is 0. The first-order valence-electron chi connectivity index (χ1n) is 16.4. The van der Waals surface area contributed by atoms with Crippen LogP contribution in [-0.4, -0.2) is 72.3 Å². The molecular weight excluding hydrogens is 608 g/mol. The monoisotopic (exact) mass is 654 g/mol. The van der Waals surface area contributed by atoms with Crippen LogP contribution in [0.5, 0.6) is 40.2 Å². The first-order chi connectivity index (χ1) is 23.2. The van der Waals surface area contributed by atoms with Crippen molar-refractivity contribution < 1.29 is 33.1 Å². The quantitative estimate of drug-likeness (QED) is 0.125. The van der Waals surface area contributed by atoms with E-state index in [1.807, 2.05) is 42.5 Å². The number of benzene rings is 4. The van der Waals surface area contributed by atoms with Crippen LogP contribution in [0.3, 0.4) is 0 Å². The van der Waals surface area contributed by atoms with Crippen molar-refractivity contribution in [2.45, 2.75) is 37.8 Å². The van der Waals surface area contributed by atoms with Crippen molar-refractivity contribution in [1.82, 2.24) is 4.90 Å². The predicted octanol–water partition coefficient (Wildman–Crippen LogP) is 7.08. The second kappa shape index (κ2) is 14.0. The molecule has 0 aliphatic carbocycles. The van der Waals surface area contributed by atoms with Gasteiger partial charge in [-0.3, -0.25) is 4.90 Å². The molecule has 0 spiro atoms. The van der Waals surface area contributed by atoms with Gasteiger partial charge in [0.2, 0.25) is 0 Å². The number of hydroxylamine groups is 3. The summed E-state index contributed by atoms with van der Waals surface area (Å²) in [5, 5.41) is 13.7. The molecule has 0 radical (unpaired) electrons. The molecule has 1 unspecified atom stereocenters. The van der Waals surface area contributed by atoms with Gasteiger partial charge in [-0.15, -0.1) is 0 Å². The average molecular weight is 655 g/mol. The lowest BCUT2D eigenvalue weighted by Gasteiger charge is -2.49. The minimum Gasteiger partial charge on any atom is -0.633 e. The molecule has 6 rings (SSSR count). The lowest BCUT2D eigenvalue weighted by Crippen LogP contribution is -2.47. The van der Waals surface area contributed by atoms with Gasteiger partial charge < -0.3 is 38.3 Å². The van der Waals surface area contributed by atoms with Crippen molar-refractivity contribution in [3.8, 4) is 40.2 Å². The number of fused-ring (bicyclic) bond motifs is 2. The van der Waals surface area contributed by atoms with E-state index in [4.69, 9.17) is 28.4 Å². The van der Waals surface area contributed by atoms with E-state index < -0.39 is 0 Å². The van der Waals surface area contributed by atoms with Crippen LogP contribution >= 0.6 is 0 Å². The molecule has 0 bridgehead atoms. The highest BCUT2D eigenvalue weighted by Crippen LogP contribution is 2.43. The van der Waals surface area contributed by atoms with E-state index in [0.29, 0.717) is 48.1 Å². The van der Waals surface area contributed by atoms with Crippen LogP contribution in [-0.2, 0) is 25.7 Å². The lowest BCUT2D eigenvalue weighted by molar-refractivity contribution is -0.894. The molecule has 0 saturated carbocycles. The summed E-state index contributed by atoms with van der Waals surface area (Å²) in [6.45, 7) is 1.46. The Morgan fingerprint density at radius 3 is 1.83 bits per heavy atom. The summed E-state index contributed by atoms with van der Waals surface area (Å²) < 4.78 is 34.1. The van der Waals surface area contributed by atoms with Gasteiger partial charge in [-0.05, 0) is 96.2 Å². The van der Waals surface area contributed by atoms with Crippen molar-refractivity contribution in [3.63, 3.8) is 0 Å². The van der Waals surface area contributed by atoms with Gasteiger partial charge in [0, 0.05) is 31.0 Å². The molecule has 2 heterocycles. The first-order valence-corrected chi connectivity index (χ1v) is 16.4. The molecule has 0 amide bonds. The Morgan fingerprint density at radius 2 is 1.21 bits per heavy atom. The fourth-order valence-electron chi connectivity index (χ4n) is 7.17. The van der Waals surface area contributed by atoms with Gasteiger partial charge in [-0.1, -0.05) is 18.2 Å². The van der Waals surface area contributed by atoms with Gasteiger partial charge in [-0.25, -0.2) is 0 Å². The lowest BCUT2D eigenvalue weighted by atomic mass is 9.88. The highest BCUT2D eigenvalue weighted by atomic mass is 16.5. The summed E-state index contributed by atoms with van der Waals surface area (Å²) in [4.78, 5) is 2.39. The van der Waals surface area contributed by atoms with Gasteiger partial charge in [0.05, 0.1) is 49.1 Å². The van der Waals surface area contributed by atoms with Gasteiger partial charge in [-0.2, -0.15) is 0 Å². The molecule has 9 heteroatoms. The van der Waals surface area contributed by atoms with Gasteiger partial charge >= 0.3 is 0 Å². The Balaban J connectivity index is 1.21. The van der Waals surface area contributed by atoms with Gasteiger partial charge in [0.15, 0.2) is 34.5 Å². The zero-order chi connectivity index (χ0) is 34.0. The van der Waals surface area contributed by atoms with E-state index in [1.165, 1.54) is 11.1 Å². The highest BCUT2D eigenvalue weighted by molar-refractivity contribution is 5.52. The summed E-state index contributed by atoms with van der Waals surface area (Å²) in [5.41, 5.74) is 6.88. The van der Waals surface area contributed by atoms with Crippen LogP contribution in [0.2, 0.25) is 0 Å². The predicted molar refractivity (Wildman–Crippen MR) is 186 cm³/mol. The number of rotatable bonds is 11. The maximum absolute atomic E-state index is 13.7. The molecule has 4 aromatic rings. The van der Waals surface area contributed by atoms with Crippen LogP contribution in [0.4, 0.5) is 0 Å². The molecule has 0 aromatic heterocycles. The largest absolute Gasteiger partial charge is 0.633 e. The molecule has 0 fully saturated rings. The summed E-state index contributed by atoms with van der Waals surface area (Å²) in [5.74, 6) is 4.84. The maximum atomic E-state index is 13.7. The minimum atomic E-state index is -0.342. The van der Waals surface area contributed by atoms with Crippen molar-refractivity contribution in [2.24, 2.45) is 0 Å². The fraction of sp³-hybridized carbons (Fsp3) is 0.385. The molecule has 0 N–H and O–H groups in total. The average Bonchev–Trinajstić information content (AvgIpc) is 3.10. The van der Waals surface area contributed by atoms with E-state index in [9.17, 15) is 5.21 Å². The van der Waals surface area contributed by atoms with E-state index in [0.717, 1.165) is 53.1 Å². The molecule has 9 nitrogen and oxygen atoms in total. The van der Waals surface area contributed by atoms with Crippen molar-refractivity contribution in [1.29, 1.82) is 0 Å². The smallest absolute Gasteiger partial charge is 0.169 e. The van der Waals surface area contributed by atoms with Crippen LogP contribution in [0, 0.1) is 5.21 Å². The van der Waals surface area contributed by atoms with E-state index >= 15 is 0 Å². The van der Waals surface area contributed by atoms with E-state index in [-0.39, 0.29) is 16.7 Å². The van der Waals surface area contributed by atoms with Crippen LogP contribution in [0.15, 0.2) is 66.7 Å². The second-order valence-electron chi connectivity index (χ2n) is 12.9. The SMILES string of the molecule is COc1cc2c(cc1OC)[C@@H](Cc1ccc(OC)c(Oc3ccc(C[C@@H]4c5cc(OC)c(OC)cc5CC[N+]4(C)[O-])cc3)c1)N(C)CC2. The zero-order valence-electron chi connectivity index (χ0n) is 29.0. The standard InChI is InChI=1S/C39H46N2O7/c1-40-16-14-27-21-35(44-4)37(46-6)23-30(27)32(40)18-26-10-13-34(43-3)39(20-26)48-29-11-8-25(9-12-29)19-33-31-24-38(47-7)36(45-5)22-28(31)15-17-41(33,2)42/h8-13,20-24,32-33H,14-19H2,1-7H3/t32-,33-,41?/m1/s1. The zero-order valence-corrected chi connectivity index (χ0v) is 29.0. The Labute approximate surface area is 283 Å². The molecule has 48 heavy (non-hydrogen) atoms. The van der Waals surface area contributed by atoms with Gasteiger partial charge in [0.25, 0.3) is 0 Å². The number of methoxy groups -OCH3 is 5. The number of quaternary nitrogens is 1. The number of hydrogen-bond donors (Lipinski definition) is 0. The number of nitrogens with zero attached hydrogens (tertiary/aromatic N) is 2. The minimum absolute atomic E-state index is 0.171. The third-order valence-corrected chi connectivity index (χ3v) is 10.00. The van der Waals surface area contributed by atoms with Crippen molar-refractivity contribution in [2.75, 3.05) is 62.7 Å². The molecule has 2 aliphatic heterocycles. The molecule has 2 aliphatic rings. The fourth-order valence-corrected chi connectivity index (χ4v) is 7.17. The number of hydrogen-bond acceptors (Lipinski definition) is 8. The normalized spacial score (nSPS) is 20.3. The van der Waals surface area contributed by atoms with Gasteiger partial charge in [0.1, 0.15) is 11.8 Å². The Kier molecular flexibility index (Phi) is 9.73. The third kappa shape index (κ3) is 6.63. The first kappa shape index (κ1) is 33.5. The Morgan fingerprint density at radius 1 is 0.646 bits per heavy atom. The number of likely N-dealkylation sites (N-methyl/N-ethyl adjacent to an activating group) is 2. The highest BCUT2D eigenvalue weighted by Gasteiger charge is 2.34. The summed E-state index contributed by atoms with van der Waals surface area (Å²) in [6.07, 6.45) is 3.05. The van der Waals surface area contributed by atoms with Crippen molar-refractivity contribution >= 4 is 0 Å². The van der Waals surface area contributed by atoms with Crippen LogP contribution in [0.25, 0.3) is 0 Å². The molecule has 0 saturated heterocycles.